The Balaban J connectivity index is 2.02. The van der Waals surface area contributed by atoms with Gasteiger partial charge in [0.1, 0.15) is 11.6 Å². The molecular weight excluding hydrogens is 273 g/mol. The number of amides is 1. The number of aliphatic hydroxyl groups is 1. The van der Waals surface area contributed by atoms with E-state index in [2.05, 4.69) is 5.32 Å². The molecule has 1 aliphatic carbocycles. The first-order chi connectivity index (χ1) is 9.97. The van der Waals surface area contributed by atoms with Crippen LogP contribution in [0.4, 0.5) is 4.39 Å². The Labute approximate surface area is 124 Å². The third kappa shape index (κ3) is 4.17. The minimum atomic E-state index is -0.786. The van der Waals surface area contributed by atoms with Crippen molar-refractivity contribution >= 4 is 5.91 Å². The van der Waals surface area contributed by atoms with E-state index in [1.165, 1.54) is 18.2 Å². The van der Waals surface area contributed by atoms with Crippen LogP contribution in [0.3, 0.4) is 0 Å². The zero-order valence-electron chi connectivity index (χ0n) is 12.4. The molecule has 1 fully saturated rings. The fourth-order valence-corrected chi connectivity index (χ4v) is 2.59. The van der Waals surface area contributed by atoms with Gasteiger partial charge in [-0.25, -0.2) is 4.39 Å². The van der Waals surface area contributed by atoms with Crippen LogP contribution in [-0.2, 0) is 4.79 Å². The Hall–Kier alpha value is -1.62. The molecule has 0 aliphatic heterocycles. The summed E-state index contributed by atoms with van der Waals surface area (Å²) >= 11 is 0. The van der Waals surface area contributed by atoms with E-state index in [9.17, 15) is 14.3 Å². The smallest absolute Gasteiger partial charge is 0.260 e. The number of halogens is 1. The highest BCUT2D eigenvalue weighted by Crippen LogP contribution is 2.27. The van der Waals surface area contributed by atoms with Crippen molar-refractivity contribution < 1.29 is 19.0 Å². The molecule has 0 saturated heterocycles. The highest BCUT2D eigenvalue weighted by Gasteiger charge is 2.23. The largest absolute Gasteiger partial charge is 0.480 e. The summed E-state index contributed by atoms with van der Waals surface area (Å²) in [6, 6.07) is 4.14. The molecule has 2 N–H and O–H groups in total. The fourth-order valence-electron chi connectivity index (χ4n) is 2.59. The number of benzene rings is 1. The van der Waals surface area contributed by atoms with Crippen molar-refractivity contribution in [2.24, 2.45) is 0 Å². The number of carbonyl (C=O) groups is 1. The summed E-state index contributed by atoms with van der Waals surface area (Å²) in [5, 5.41) is 12.6. The van der Waals surface area contributed by atoms with E-state index in [-0.39, 0.29) is 17.7 Å². The summed E-state index contributed by atoms with van der Waals surface area (Å²) in [6.45, 7) is 3.20. The Kier molecular flexibility index (Phi) is 5.17. The summed E-state index contributed by atoms with van der Waals surface area (Å²) < 4.78 is 18.9. The van der Waals surface area contributed by atoms with Crippen LogP contribution in [0.5, 0.6) is 5.75 Å². The van der Waals surface area contributed by atoms with Gasteiger partial charge in [0.15, 0.2) is 6.10 Å². The minimum absolute atomic E-state index is 0.206. The van der Waals surface area contributed by atoms with Crippen molar-refractivity contribution in [2.75, 3.05) is 0 Å². The molecule has 2 atom stereocenters. The van der Waals surface area contributed by atoms with Crippen LogP contribution in [0, 0.1) is 5.82 Å². The van der Waals surface area contributed by atoms with E-state index in [0.717, 1.165) is 25.7 Å². The van der Waals surface area contributed by atoms with Gasteiger partial charge in [-0.05, 0) is 38.8 Å². The van der Waals surface area contributed by atoms with Crippen molar-refractivity contribution in [3.8, 4) is 5.75 Å². The number of carbonyl (C=O) groups excluding carboxylic acids is 1. The van der Waals surface area contributed by atoms with Crippen LogP contribution in [0.25, 0.3) is 0 Å². The van der Waals surface area contributed by atoms with Gasteiger partial charge in [-0.2, -0.15) is 0 Å². The van der Waals surface area contributed by atoms with E-state index < -0.39 is 18.0 Å². The zero-order valence-corrected chi connectivity index (χ0v) is 12.4. The van der Waals surface area contributed by atoms with Gasteiger partial charge < -0.3 is 15.2 Å². The molecule has 1 saturated carbocycles. The molecule has 5 heteroatoms. The Morgan fingerprint density at radius 2 is 2.05 bits per heavy atom. The molecule has 0 spiro atoms. The number of nitrogens with one attached hydrogen (secondary N) is 1. The molecule has 1 aliphatic rings. The van der Waals surface area contributed by atoms with Crippen LogP contribution < -0.4 is 10.1 Å². The molecule has 2 rings (SSSR count). The first kappa shape index (κ1) is 15.8. The van der Waals surface area contributed by atoms with E-state index >= 15 is 0 Å². The Morgan fingerprint density at radius 1 is 1.38 bits per heavy atom. The summed E-state index contributed by atoms with van der Waals surface area (Å²) in [6.07, 6.45) is 2.75. The van der Waals surface area contributed by atoms with Gasteiger partial charge in [-0.1, -0.05) is 12.8 Å². The predicted molar refractivity (Wildman–Crippen MR) is 77.5 cm³/mol. The van der Waals surface area contributed by atoms with Crippen molar-refractivity contribution in [1.82, 2.24) is 5.32 Å². The standard InChI is InChI=1S/C16H22FNO3/c1-10(19)14-8-7-12(17)9-15(14)21-11(2)16(20)18-13-5-3-4-6-13/h7-11,13,19H,3-6H2,1-2H3,(H,18,20)/t10-,11?/m1/s1. The molecule has 21 heavy (non-hydrogen) atoms. The molecule has 1 amide bonds. The number of aliphatic hydroxyl groups excluding tert-OH is 1. The van der Waals surface area contributed by atoms with Gasteiger partial charge in [0.05, 0.1) is 6.10 Å². The second-order valence-corrected chi connectivity index (χ2v) is 5.61. The van der Waals surface area contributed by atoms with E-state index in [0.29, 0.717) is 5.56 Å². The fraction of sp³-hybridized carbons (Fsp3) is 0.562. The summed E-state index contributed by atoms with van der Waals surface area (Å²) in [4.78, 5) is 12.1. The van der Waals surface area contributed by atoms with E-state index in [1.807, 2.05) is 0 Å². The second kappa shape index (κ2) is 6.89. The third-order valence-corrected chi connectivity index (χ3v) is 3.80. The normalized spacial score (nSPS) is 18.3. The van der Waals surface area contributed by atoms with Crippen molar-refractivity contribution in [1.29, 1.82) is 0 Å². The van der Waals surface area contributed by atoms with Crippen molar-refractivity contribution in [3.05, 3.63) is 29.6 Å². The van der Waals surface area contributed by atoms with Crippen molar-refractivity contribution in [2.45, 2.75) is 57.8 Å². The van der Waals surface area contributed by atoms with Gasteiger partial charge >= 0.3 is 0 Å². The second-order valence-electron chi connectivity index (χ2n) is 5.61. The highest BCUT2D eigenvalue weighted by atomic mass is 19.1. The first-order valence-electron chi connectivity index (χ1n) is 7.42. The van der Waals surface area contributed by atoms with Crippen LogP contribution in [0.1, 0.15) is 51.2 Å². The lowest BCUT2D eigenvalue weighted by atomic mass is 10.1. The van der Waals surface area contributed by atoms with E-state index in [4.69, 9.17) is 4.74 Å². The summed E-state index contributed by atoms with van der Waals surface area (Å²) in [5.41, 5.74) is 0.469. The third-order valence-electron chi connectivity index (χ3n) is 3.80. The van der Waals surface area contributed by atoms with Gasteiger partial charge in [0.25, 0.3) is 5.91 Å². The molecule has 1 aromatic rings. The topological polar surface area (TPSA) is 58.6 Å². The number of hydrogen-bond donors (Lipinski definition) is 2. The molecule has 116 valence electrons. The zero-order chi connectivity index (χ0) is 15.4. The maximum Gasteiger partial charge on any atom is 0.260 e. The average molecular weight is 295 g/mol. The minimum Gasteiger partial charge on any atom is -0.480 e. The number of hydrogen-bond acceptors (Lipinski definition) is 3. The molecule has 0 aromatic heterocycles. The first-order valence-corrected chi connectivity index (χ1v) is 7.42. The number of ether oxygens (including phenoxy) is 1. The maximum absolute atomic E-state index is 13.3. The summed E-state index contributed by atoms with van der Waals surface area (Å²) in [5.74, 6) is -0.459. The molecule has 0 radical (unpaired) electrons. The summed E-state index contributed by atoms with van der Waals surface area (Å²) in [7, 11) is 0. The lowest BCUT2D eigenvalue weighted by molar-refractivity contribution is -0.128. The SMILES string of the molecule is CC(Oc1cc(F)ccc1[C@@H](C)O)C(=O)NC1CCCC1. The molecular formula is C16H22FNO3. The number of rotatable bonds is 5. The lowest BCUT2D eigenvalue weighted by Gasteiger charge is -2.20. The van der Waals surface area contributed by atoms with Crippen LogP contribution >= 0.6 is 0 Å². The predicted octanol–water partition coefficient (Wildman–Crippen LogP) is 2.71. The molecule has 0 heterocycles. The van der Waals surface area contributed by atoms with Crippen LogP contribution in [0.2, 0.25) is 0 Å². The van der Waals surface area contributed by atoms with Gasteiger partial charge in [-0.15, -0.1) is 0 Å². The van der Waals surface area contributed by atoms with E-state index in [1.54, 1.807) is 13.8 Å². The van der Waals surface area contributed by atoms with Crippen LogP contribution in [-0.4, -0.2) is 23.2 Å². The van der Waals surface area contributed by atoms with Gasteiger partial charge in [0.2, 0.25) is 0 Å². The van der Waals surface area contributed by atoms with Crippen LogP contribution in [0.15, 0.2) is 18.2 Å². The quantitative estimate of drug-likeness (QED) is 0.878. The van der Waals surface area contributed by atoms with Gasteiger partial charge in [-0.3, -0.25) is 4.79 Å². The molecule has 1 aromatic carbocycles. The molecule has 1 unspecified atom stereocenters. The molecule has 4 nitrogen and oxygen atoms in total. The average Bonchev–Trinajstić information content (AvgIpc) is 2.91. The molecule has 0 bridgehead atoms. The lowest BCUT2D eigenvalue weighted by Crippen LogP contribution is -2.41. The highest BCUT2D eigenvalue weighted by molar-refractivity contribution is 5.81. The Morgan fingerprint density at radius 3 is 2.67 bits per heavy atom. The Bertz CT molecular complexity index is 498. The van der Waals surface area contributed by atoms with Gasteiger partial charge in [0, 0.05) is 17.7 Å². The monoisotopic (exact) mass is 295 g/mol. The maximum atomic E-state index is 13.3. The van der Waals surface area contributed by atoms with Crippen molar-refractivity contribution in [3.63, 3.8) is 0 Å².